The zero-order valence-electron chi connectivity index (χ0n) is 14.2. The largest absolute Gasteiger partial charge is 0.507 e. The van der Waals surface area contributed by atoms with Gasteiger partial charge in [0.05, 0.1) is 11.1 Å². The SMILES string of the molecule is O=C(c1ccccc1O)c1c(CC2CCCCC2)oc2ccccc12. The maximum atomic E-state index is 13.2. The third-order valence-electron chi connectivity index (χ3n) is 5.24. The summed E-state index contributed by atoms with van der Waals surface area (Å²) in [4.78, 5) is 13.2. The minimum Gasteiger partial charge on any atom is -0.507 e. The fourth-order valence-corrected chi connectivity index (χ4v) is 3.94. The molecule has 0 atom stereocenters. The highest BCUT2D eigenvalue weighted by Crippen LogP contribution is 2.34. The van der Waals surface area contributed by atoms with Gasteiger partial charge in [0.15, 0.2) is 0 Å². The summed E-state index contributed by atoms with van der Waals surface area (Å²) in [5, 5.41) is 10.9. The number of phenolic OH excluding ortho intramolecular Hbond substituents is 1. The van der Waals surface area contributed by atoms with Crippen LogP contribution in [-0.2, 0) is 6.42 Å². The Balaban J connectivity index is 1.79. The molecule has 0 aliphatic heterocycles. The Kier molecular flexibility index (Phi) is 4.31. The lowest BCUT2D eigenvalue weighted by Gasteiger charge is -2.20. The maximum Gasteiger partial charge on any atom is 0.200 e. The Morgan fingerprint density at radius 2 is 1.72 bits per heavy atom. The first-order valence-electron chi connectivity index (χ1n) is 9.07. The molecule has 1 fully saturated rings. The molecule has 0 unspecified atom stereocenters. The Morgan fingerprint density at radius 1 is 1.00 bits per heavy atom. The Morgan fingerprint density at radius 3 is 2.52 bits per heavy atom. The lowest BCUT2D eigenvalue weighted by atomic mass is 9.85. The summed E-state index contributed by atoms with van der Waals surface area (Å²) in [5.74, 6) is 1.20. The van der Waals surface area contributed by atoms with Gasteiger partial charge in [0.25, 0.3) is 0 Å². The molecule has 3 aromatic rings. The van der Waals surface area contributed by atoms with Crippen LogP contribution in [0.3, 0.4) is 0 Å². The monoisotopic (exact) mass is 334 g/mol. The summed E-state index contributed by atoms with van der Waals surface area (Å²) in [6, 6.07) is 14.4. The predicted molar refractivity (Wildman–Crippen MR) is 98.0 cm³/mol. The second-order valence-electron chi connectivity index (χ2n) is 6.95. The maximum absolute atomic E-state index is 13.2. The van der Waals surface area contributed by atoms with Crippen LogP contribution in [0, 0.1) is 5.92 Å². The average Bonchev–Trinajstić information content (AvgIpc) is 3.00. The van der Waals surface area contributed by atoms with Crippen molar-refractivity contribution >= 4 is 16.8 Å². The summed E-state index contributed by atoms with van der Waals surface area (Å²) in [7, 11) is 0. The first-order valence-corrected chi connectivity index (χ1v) is 9.07. The highest BCUT2D eigenvalue weighted by Gasteiger charge is 2.26. The van der Waals surface area contributed by atoms with Crippen molar-refractivity contribution in [3.05, 3.63) is 65.4 Å². The number of carbonyl (C=O) groups is 1. The molecule has 0 saturated heterocycles. The van der Waals surface area contributed by atoms with Gasteiger partial charge in [0.1, 0.15) is 17.1 Å². The smallest absolute Gasteiger partial charge is 0.200 e. The van der Waals surface area contributed by atoms with Gasteiger partial charge < -0.3 is 9.52 Å². The number of carbonyl (C=O) groups excluding carboxylic acids is 1. The van der Waals surface area contributed by atoms with Crippen LogP contribution in [0.25, 0.3) is 11.0 Å². The van der Waals surface area contributed by atoms with E-state index in [1.54, 1.807) is 24.3 Å². The van der Waals surface area contributed by atoms with E-state index in [2.05, 4.69) is 0 Å². The minimum atomic E-state index is -0.158. The highest BCUT2D eigenvalue weighted by molar-refractivity contribution is 6.18. The van der Waals surface area contributed by atoms with E-state index in [0.717, 1.165) is 23.2 Å². The molecule has 4 rings (SSSR count). The summed E-state index contributed by atoms with van der Waals surface area (Å²) in [6.07, 6.45) is 7.01. The average molecular weight is 334 g/mol. The summed E-state index contributed by atoms with van der Waals surface area (Å²) in [5.41, 5.74) is 1.69. The number of ketones is 1. The van der Waals surface area contributed by atoms with Gasteiger partial charge in [-0.3, -0.25) is 4.79 Å². The van der Waals surface area contributed by atoms with Crippen LogP contribution < -0.4 is 0 Å². The molecule has 1 saturated carbocycles. The molecule has 128 valence electrons. The quantitative estimate of drug-likeness (QED) is 0.642. The molecule has 1 N–H and O–H groups in total. The van der Waals surface area contributed by atoms with Crippen LogP contribution in [0.15, 0.2) is 52.9 Å². The Hall–Kier alpha value is -2.55. The second kappa shape index (κ2) is 6.75. The van der Waals surface area contributed by atoms with E-state index in [0.29, 0.717) is 17.0 Å². The standard InChI is InChI=1S/C22H22O3/c23-18-12-6-4-10-16(18)22(24)21-17-11-5-7-13-19(17)25-20(21)14-15-8-2-1-3-9-15/h4-7,10-13,15,23H,1-3,8-9,14H2. The molecule has 2 aromatic carbocycles. The van der Waals surface area contributed by atoms with E-state index in [-0.39, 0.29) is 11.5 Å². The molecule has 1 aliphatic carbocycles. The van der Waals surface area contributed by atoms with Crippen LogP contribution in [0.2, 0.25) is 0 Å². The van der Waals surface area contributed by atoms with E-state index < -0.39 is 0 Å². The van der Waals surface area contributed by atoms with Gasteiger partial charge in [-0.2, -0.15) is 0 Å². The molecule has 1 aliphatic rings. The molecule has 25 heavy (non-hydrogen) atoms. The topological polar surface area (TPSA) is 50.4 Å². The molecule has 0 amide bonds. The van der Waals surface area contributed by atoms with E-state index in [9.17, 15) is 9.90 Å². The molecule has 0 spiro atoms. The van der Waals surface area contributed by atoms with Gasteiger partial charge in [-0.1, -0.05) is 62.4 Å². The van der Waals surface area contributed by atoms with Crippen molar-refractivity contribution in [2.45, 2.75) is 38.5 Å². The lowest BCUT2D eigenvalue weighted by molar-refractivity contribution is 0.103. The van der Waals surface area contributed by atoms with Crippen molar-refractivity contribution in [2.24, 2.45) is 5.92 Å². The van der Waals surface area contributed by atoms with Crippen molar-refractivity contribution in [3.8, 4) is 5.75 Å². The molecule has 3 heteroatoms. The van der Waals surface area contributed by atoms with E-state index in [1.807, 2.05) is 24.3 Å². The van der Waals surface area contributed by atoms with Gasteiger partial charge in [0, 0.05) is 11.8 Å². The summed E-state index contributed by atoms with van der Waals surface area (Å²) in [6.45, 7) is 0. The fourth-order valence-electron chi connectivity index (χ4n) is 3.94. The van der Waals surface area contributed by atoms with Crippen LogP contribution >= 0.6 is 0 Å². The number of hydrogen-bond acceptors (Lipinski definition) is 3. The lowest BCUT2D eigenvalue weighted by Crippen LogP contribution is -2.12. The molecular weight excluding hydrogens is 312 g/mol. The predicted octanol–water partition coefficient (Wildman–Crippen LogP) is 5.49. The van der Waals surface area contributed by atoms with Crippen molar-refractivity contribution < 1.29 is 14.3 Å². The number of para-hydroxylation sites is 2. The number of rotatable bonds is 4. The number of furan rings is 1. The first kappa shape index (κ1) is 15.9. The summed E-state index contributed by atoms with van der Waals surface area (Å²) < 4.78 is 6.08. The van der Waals surface area contributed by atoms with Crippen LogP contribution in [0.5, 0.6) is 5.75 Å². The van der Waals surface area contributed by atoms with Crippen molar-refractivity contribution in [3.63, 3.8) is 0 Å². The molecule has 1 aromatic heterocycles. The number of benzene rings is 2. The second-order valence-corrected chi connectivity index (χ2v) is 6.95. The van der Waals surface area contributed by atoms with Gasteiger partial charge >= 0.3 is 0 Å². The van der Waals surface area contributed by atoms with E-state index >= 15 is 0 Å². The molecular formula is C22H22O3. The molecule has 0 radical (unpaired) electrons. The third-order valence-corrected chi connectivity index (χ3v) is 5.24. The number of fused-ring (bicyclic) bond motifs is 1. The van der Waals surface area contributed by atoms with Gasteiger partial charge in [-0.25, -0.2) is 0 Å². The van der Waals surface area contributed by atoms with Gasteiger partial charge in [-0.15, -0.1) is 0 Å². The number of hydrogen-bond donors (Lipinski definition) is 1. The van der Waals surface area contributed by atoms with Gasteiger partial charge in [-0.05, 0) is 24.1 Å². The van der Waals surface area contributed by atoms with Crippen molar-refractivity contribution in [2.75, 3.05) is 0 Å². The van der Waals surface area contributed by atoms with Crippen LogP contribution in [-0.4, -0.2) is 10.9 Å². The normalized spacial score (nSPS) is 15.5. The molecule has 1 heterocycles. The molecule has 3 nitrogen and oxygen atoms in total. The van der Waals surface area contributed by atoms with Crippen LogP contribution in [0.1, 0.15) is 53.8 Å². The van der Waals surface area contributed by atoms with Crippen molar-refractivity contribution in [1.82, 2.24) is 0 Å². The fraction of sp³-hybridized carbons (Fsp3) is 0.318. The number of aromatic hydroxyl groups is 1. The van der Waals surface area contributed by atoms with E-state index in [1.165, 1.54) is 32.1 Å². The summed E-state index contributed by atoms with van der Waals surface area (Å²) >= 11 is 0. The van der Waals surface area contributed by atoms with E-state index in [4.69, 9.17) is 4.42 Å². The third kappa shape index (κ3) is 3.07. The highest BCUT2D eigenvalue weighted by atomic mass is 16.3. The zero-order valence-corrected chi connectivity index (χ0v) is 14.2. The number of phenols is 1. The Bertz CT molecular complexity index is 901. The minimum absolute atomic E-state index is 0.0152. The first-order chi connectivity index (χ1) is 12.2. The van der Waals surface area contributed by atoms with Gasteiger partial charge in [0.2, 0.25) is 5.78 Å². The molecule has 0 bridgehead atoms. The van der Waals surface area contributed by atoms with Crippen LogP contribution in [0.4, 0.5) is 0 Å². The zero-order chi connectivity index (χ0) is 17.2. The Labute approximate surface area is 147 Å². The van der Waals surface area contributed by atoms with Crippen molar-refractivity contribution in [1.29, 1.82) is 0 Å².